The number of aromatic amines is 1. The van der Waals surface area contributed by atoms with Crippen LogP contribution < -0.4 is 4.90 Å². The Morgan fingerprint density at radius 1 is 1.19 bits per heavy atom. The molecule has 1 aliphatic rings. The highest BCUT2D eigenvalue weighted by molar-refractivity contribution is 5.58. The van der Waals surface area contributed by atoms with Crippen molar-refractivity contribution in [3.8, 4) is 11.6 Å². The van der Waals surface area contributed by atoms with Crippen LogP contribution in [0.5, 0.6) is 0 Å². The number of imidazole rings is 1. The molecule has 0 spiro atoms. The highest BCUT2D eigenvalue weighted by Gasteiger charge is 2.36. The Morgan fingerprint density at radius 3 is 2.97 bits per heavy atom. The Morgan fingerprint density at radius 2 is 2.12 bits per heavy atom. The third kappa shape index (κ3) is 2.91. The number of aromatic nitrogens is 8. The van der Waals surface area contributed by atoms with E-state index in [0.717, 1.165) is 11.4 Å². The number of alkyl halides is 2. The van der Waals surface area contributed by atoms with Crippen LogP contribution in [0.2, 0.25) is 0 Å². The number of anilines is 1. The fraction of sp³-hybridized carbons (Fsp3) is 0.200. The molecule has 6 rings (SSSR count). The zero-order valence-corrected chi connectivity index (χ0v) is 16.4. The van der Waals surface area contributed by atoms with Gasteiger partial charge in [0, 0.05) is 42.8 Å². The molecule has 5 aromatic rings. The second-order valence-electron chi connectivity index (χ2n) is 7.26. The van der Waals surface area contributed by atoms with Crippen LogP contribution in [-0.4, -0.2) is 46.3 Å². The minimum absolute atomic E-state index is 0.0846. The minimum Gasteiger partial charge on any atom is -0.401 e. The summed E-state index contributed by atoms with van der Waals surface area (Å²) in [5.41, 5.74) is 2.94. The maximum absolute atomic E-state index is 13.5. The Balaban J connectivity index is 1.46. The predicted molar refractivity (Wildman–Crippen MR) is 107 cm³/mol. The average molecular weight is 435 g/mol. The van der Waals surface area contributed by atoms with E-state index in [4.69, 9.17) is 4.42 Å². The van der Waals surface area contributed by atoms with E-state index in [2.05, 4.69) is 35.2 Å². The normalized spacial score (nSPS) is 16.1. The van der Waals surface area contributed by atoms with Gasteiger partial charge in [-0.25, -0.2) is 23.3 Å². The molecule has 12 heteroatoms. The van der Waals surface area contributed by atoms with E-state index in [1.807, 2.05) is 4.90 Å². The molecular weight excluding hydrogens is 420 g/mol. The van der Waals surface area contributed by atoms with E-state index < -0.39 is 12.5 Å². The monoisotopic (exact) mass is 435 g/mol. The highest BCUT2D eigenvalue weighted by Crippen LogP contribution is 2.37. The average Bonchev–Trinajstić information content (AvgIpc) is 3.57. The van der Waals surface area contributed by atoms with Crippen molar-refractivity contribution < 1.29 is 13.2 Å². The smallest absolute Gasteiger partial charge is 0.319 e. The lowest BCUT2D eigenvalue weighted by molar-refractivity contribution is 0.152. The second kappa shape index (κ2) is 7.18. The Labute approximate surface area is 179 Å². The molecule has 6 heterocycles. The first kappa shape index (κ1) is 18.5. The predicted octanol–water partition coefficient (Wildman–Crippen LogP) is 2.99. The van der Waals surface area contributed by atoms with Crippen LogP contribution in [0.4, 0.5) is 14.8 Å². The van der Waals surface area contributed by atoms with Gasteiger partial charge in [0.1, 0.15) is 11.7 Å². The van der Waals surface area contributed by atoms with E-state index in [9.17, 15) is 8.78 Å². The maximum Gasteiger partial charge on any atom is 0.319 e. The van der Waals surface area contributed by atoms with Gasteiger partial charge < -0.3 is 14.3 Å². The van der Waals surface area contributed by atoms with Crippen molar-refractivity contribution in [2.75, 3.05) is 11.4 Å². The highest BCUT2D eigenvalue weighted by atomic mass is 19.3. The molecular formula is C20H15F2N9O. The van der Waals surface area contributed by atoms with Crippen molar-refractivity contribution in [1.82, 2.24) is 39.7 Å². The molecule has 0 saturated carbocycles. The van der Waals surface area contributed by atoms with Crippen molar-refractivity contribution in [1.29, 1.82) is 0 Å². The molecule has 32 heavy (non-hydrogen) atoms. The van der Waals surface area contributed by atoms with Gasteiger partial charge in [-0.15, -0.1) is 5.10 Å². The van der Waals surface area contributed by atoms with Gasteiger partial charge in [0.05, 0.1) is 29.4 Å². The van der Waals surface area contributed by atoms with Crippen molar-refractivity contribution in [3.63, 3.8) is 0 Å². The number of fused-ring (bicyclic) bond motifs is 2. The van der Waals surface area contributed by atoms with Crippen LogP contribution in [0.25, 0.3) is 17.1 Å². The summed E-state index contributed by atoms with van der Waals surface area (Å²) >= 11 is 0. The summed E-state index contributed by atoms with van der Waals surface area (Å²) in [5.74, 6) is 0.231. The Kier molecular flexibility index (Phi) is 4.16. The zero-order chi connectivity index (χ0) is 21.7. The molecule has 0 fully saturated rings. The van der Waals surface area contributed by atoms with Crippen LogP contribution in [0.1, 0.15) is 35.1 Å². The summed E-state index contributed by atoms with van der Waals surface area (Å²) in [5, 5.41) is 12.9. The summed E-state index contributed by atoms with van der Waals surface area (Å²) < 4.78 is 34.4. The molecule has 0 aliphatic carbocycles. The number of rotatable bonds is 4. The molecule has 0 saturated heterocycles. The van der Waals surface area contributed by atoms with Gasteiger partial charge in [-0.3, -0.25) is 4.98 Å². The van der Waals surface area contributed by atoms with E-state index in [1.165, 1.54) is 23.0 Å². The van der Waals surface area contributed by atoms with Gasteiger partial charge in [-0.05, 0) is 18.2 Å². The first-order chi connectivity index (χ1) is 15.7. The van der Waals surface area contributed by atoms with Gasteiger partial charge >= 0.3 is 6.01 Å². The van der Waals surface area contributed by atoms with Crippen molar-refractivity contribution >= 4 is 11.5 Å². The molecule has 0 bridgehead atoms. The first-order valence-corrected chi connectivity index (χ1v) is 9.84. The molecule has 10 nitrogen and oxygen atoms in total. The van der Waals surface area contributed by atoms with E-state index in [1.54, 1.807) is 30.9 Å². The van der Waals surface area contributed by atoms with Crippen LogP contribution in [-0.2, 0) is 6.42 Å². The van der Waals surface area contributed by atoms with Crippen molar-refractivity contribution in [2.45, 2.75) is 18.9 Å². The first-order valence-electron chi connectivity index (χ1n) is 9.84. The summed E-state index contributed by atoms with van der Waals surface area (Å²) in [6, 6.07) is 4.37. The van der Waals surface area contributed by atoms with Gasteiger partial charge in [-0.2, -0.15) is 5.10 Å². The summed E-state index contributed by atoms with van der Waals surface area (Å²) in [6.45, 7) is 0.539. The summed E-state index contributed by atoms with van der Waals surface area (Å²) in [6.07, 6.45) is 5.93. The zero-order valence-electron chi connectivity index (χ0n) is 16.4. The molecule has 1 atom stereocenters. The van der Waals surface area contributed by atoms with Crippen molar-refractivity contribution in [2.24, 2.45) is 0 Å². The summed E-state index contributed by atoms with van der Waals surface area (Å²) in [7, 11) is 0. The van der Waals surface area contributed by atoms with Gasteiger partial charge in [0.15, 0.2) is 0 Å². The van der Waals surface area contributed by atoms with Crippen LogP contribution in [0.15, 0.2) is 53.7 Å². The largest absolute Gasteiger partial charge is 0.401 e. The van der Waals surface area contributed by atoms with E-state index in [-0.39, 0.29) is 17.5 Å². The van der Waals surface area contributed by atoms with Gasteiger partial charge in [0.25, 0.3) is 12.3 Å². The number of hydrogen-bond acceptors (Lipinski definition) is 8. The van der Waals surface area contributed by atoms with Crippen molar-refractivity contribution in [3.05, 3.63) is 72.0 Å². The number of pyridine rings is 1. The topological polar surface area (TPSA) is 114 Å². The minimum atomic E-state index is -2.61. The SMILES string of the molecule is FC(F)c1cccn2nc(C3c4nc[nH]c4CCN3c3nnc(-c4cnccn4)o3)cc12. The summed E-state index contributed by atoms with van der Waals surface area (Å²) in [4.78, 5) is 17.7. The maximum atomic E-state index is 13.5. The molecule has 1 unspecified atom stereocenters. The van der Waals surface area contributed by atoms with Crippen LogP contribution in [0, 0.1) is 0 Å². The number of halogens is 2. The Bertz CT molecular complexity index is 1390. The van der Waals surface area contributed by atoms with E-state index >= 15 is 0 Å². The number of nitrogens with zero attached hydrogens (tertiary/aromatic N) is 8. The quantitative estimate of drug-likeness (QED) is 0.458. The molecule has 1 N–H and O–H groups in total. The molecule has 0 aromatic carbocycles. The fourth-order valence-corrected chi connectivity index (χ4v) is 4.00. The van der Waals surface area contributed by atoms with Crippen LogP contribution in [0.3, 0.4) is 0 Å². The second-order valence-corrected chi connectivity index (χ2v) is 7.26. The molecule has 160 valence electrons. The number of hydrogen-bond donors (Lipinski definition) is 1. The molecule has 5 aromatic heterocycles. The third-order valence-electron chi connectivity index (χ3n) is 5.44. The lowest BCUT2D eigenvalue weighted by Crippen LogP contribution is -2.36. The molecule has 1 aliphatic heterocycles. The van der Waals surface area contributed by atoms with E-state index in [0.29, 0.717) is 29.9 Å². The lowest BCUT2D eigenvalue weighted by atomic mass is 10.00. The molecule has 0 radical (unpaired) electrons. The fourth-order valence-electron chi connectivity index (χ4n) is 4.00. The standard InChI is InChI=1S/C20H15F2N9O/c21-18(22)11-2-1-6-31-15(11)8-13(29-31)17-16-12(25-10-26-16)3-7-30(17)20-28-27-19(32-20)14-9-23-4-5-24-14/h1-2,4-6,8-10,17-18H,3,7H2,(H,25,26). The number of H-pyrrole nitrogens is 1. The Hall–Kier alpha value is -4.22. The molecule has 0 amide bonds. The van der Waals surface area contributed by atoms with Gasteiger partial charge in [0.2, 0.25) is 0 Å². The van der Waals surface area contributed by atoms with Gasteiger partial charge in [-0.1, -0.05) is 5.10 Å². The third-order valence-corrected chi connectivity index (χ3v) is 5.44. The lowest BCUT2D eigenvalue weighted by Gasteiger charge is -2.32. The van der Waals surface area contributed by atoms with Crippen LogP contribution >= 0.6 is 0 Å². The number of nitrogens with one attached hydrogen (secondary N) is 1.